The Balaban J connectivity index is 0.000000181. The second-order valence-electron chi connectivity index (χ2n) is 3.12. The summed E-state index contributed by atoms with van der Waals surface area (Å²) in [7, 11) is 0. The first-order valence-corrected chi connectivity index (χ1v) is 5.16. The zero-order valence-electron chi connectivity index (χ0n) is 9.03. The van der Waals surface area contributed by atoms with Gasteiger partial charge < -0.3 is 5.11 Å². The van der Waals surface area contributed by atoms with Gasteiger partial charge in [-0.2, -0.15) is 0 Å². The third kappa shape index (κ3) is 5.82. The third-order valence-corrected chi connectivity index (χ3v) is 1.88. The van der Waals surface area contributed by atoms with Crippen molar-refractivity contribution >= 4 is 0 Å². The Morgan fingerprint density at radius 3 is 2.06 bits per heavy atom. The van der Waals surface area contributed by atoms with Gasteiger partial charge in [-0.05, 0) is 29.7 Å². The van der Waals surface area contributed by atoms with Gasteiger partial charge in [-0.3, -0.25) is 0 Å². The molecule has 16 heavy (non-hydrogen) atoms. The number of nitrogens with zero attached hydrogens (tertiary/aromatic N) is 3. The smallest absolute Gasteiger partial charge is 0.0529 e. The van der Waals surface area contributed by atoms with Crippen molar-refractivity contribution in [3.05, 3.63) is 54.4 Å². The van der Waals surface area contributed by atoms with Crippen LogP contribution in [0.1, 0.15) is 12.0 Å². The van der Waals surface area contributed by atoms with Crippen molar-refractivity contribution in [1.82, 2.24) is 15.4 Å². The molecule has 0 aliphatic carbocycles. The molecule has 84 valence electrons. The van der Waals surface area contributed by atoms with Crippen molar-refractivity contribution in [2.45, 2.75) is 12.8 Å². The first-order valence-electron chi connectivity index (χ1n) is 5.16. The van der Waals surface area contributed by atoms with Gasteiger partial charge in [0.05, 0.1) is 12.4 Å². The van der Waals surface area contributed by atoms with Crippen LogP contribution in [0.4, 0.5) is 0 Å². The fraction of sp³-hybridized carbons (Fsp3) is 0.250. The topological polar surface area (TPSA) is 58.9 Å². The highest BCUT2D eigenvalue weighted by Gasteiger charge is 1.88. The predicted octanol–water partition coefficient (Wildman–Crippen LogP) is 1.48. The minimum Gasteiger partial charge on any atom is -0.396 e. The minimum atomic E-state index is 0.287. The molecule has 0 aliphatic rings. The van der Waals surface area contributed by atoms with E-state index in [2.05, 4.69) is 27.5 Å². The molecule has 1 N–H and O–H groups in total. The second kappa shape index (κ2) is 8.49. The van der Waals surface area contributed by atoms with E-state index in [0.717, 1.165) is 12.8 Å². The highest BCUT2D eigenvalue weighted by Crippen LogP contribution is 2.00. The lowest BCUT2D eigenvalue weighted by molar-refractivity contribution is 0.288. The summed E-state index contributed by atoms with van der Waals surface area (Å²) >= 11 is 0. The average Bonchev–Trinajstić information content (AvgIpc) is 2.40. The molecule has 1 aromatic heterocycles. The molecule has 1 heterocycles. The van der Waals surface area contributed by atoms with Gasteiger partial charge in [-0.1, -0.05) is 30.3 Å². The molecular formula is C12H15N3O. The molecule has 0 spiro atoms. The number of hydrogen-bond donors (Lipinski definition) is 1. The summed E-state index contributed by atoms with van der Waals surface area (Å²) in [5.74, 6) is 0. The quantitative estimate of drug-likeness (QED) is 0.846. The van der Waals surface area contributed by atoms with Crippen LogP contribution in [0.15, 0.2) is 48.8 Å². The third-order valence-electron chi connectivity index (χ3n) is 1.88. The van der Waals surface area contributed by atoms with Crippen molar-refractivity contribution in [3.63, 3.8) is 0 Å². The summed E-state index contributed by atoms with van der Waals surface area (Å²) in [5.41, 5.74) is 1.30. The summed E-state index contributed by atoms with van der Waals surface area (Å²) in [5, 5.41) is 18.7. The highest BCUT2D eigenvalue weighted by molar-refractivity contribution is 5.14. The number of aliphatic hydroxyl groups excluding tert-OH is 1. The number of aromatic nitrogens is 3. The summed E-state index contributed by atoms with van der Waals surface area (Å²) < 4.78 is 0. The summed E-state index contributed by atoms with van der Waals surface area (Å²) in [6, 6.07) is 11.9. The van der Waals surface area contributed by atoms with Gasteiger partial charge in [0.2, 0.25) is 0 Å². The fourth-order valence-electron chi connectivity index (χ4n) is 1.13. The van der Waals surface area contributed by atoms with Crippen LogP contribution in [0, 0.1) is 0 Å². The van der Waals surface area contributed by atoms with Crippen LogP contribution in [-0.2, 0) is 6.42 Å². The van der Waals surface area contributed by atoms with E-state index in [0.29, 0.717) is 0 Å². The highest BCUT2D eigenvalue weighted by atomic mass is 16.2. The van der Waals surface area contributed by atoms with Crippen molar-refractivity contribution < 1.29 is 5.11 Å². The molecule has 2 aromatic rings. The molecule has 4 nitrogen and oxygen atoms in total. The Hall–Kier alpha value is -1.81. The number of rotatable bonds is 3. The molecule has 0 atom stereocenters. The Labute approximate surface area is 95.0 Å². The Morgan fingerprint density at radius 1 is 0.938 bits per heavy atom. The lowest BCUT2D eigenvalue weighted by Crippen LogP contribution is -1.87. The predicted molar refractivity (Wildman–Crippen MR) is 61.7 cm³/mol. The number of benzene rings is 1. The van der Waals surface area contributed by atoms with Gasteiger partial charge in [-0.15, -0.1) is 10.2 Å². The van der Waals surface area contributed by atoms with E-state index in [9.17, 15) is 0 Å². The van der Waals surface area contributed by atoms with Crippen molar-refractivity contribution in [1.29, 1.82) is 0 Å². The Kier molecular flexibility index (Phi) is 6.51. The zero-order chi connectivity index (χ0) is 11.5. The van der Waals surface area contributed by atoms with E-state index < -0.39 is 0 Å². The van der Waals surface area contributed by atoms with E-state index in [1.165, 1.54) is 5.56 Å². The average molecular weight is 217 g/mol. The van der Waals surface area contributed by atoms with Gasteiger partial charge in [0.15, 0.2) is 0 Å². The minimum absolute atomic E-state index is 0.287. The van der Waals surface area contributed by atoms with Gasteiger partial charge in [0.25, 0.3) is 0 Å². The molecule has 2 rings (SSSR count). The maximum Gasteiger partial charge on any atom is 0.0529 e. The van der Waals surface area contributed by atoms with E-state index in [1.807, 2.05) is 18.2 Å². The van der Waals surface area contributed by atoms with Crippen LogP contribution in [0.3, 0.4) is 0 Å². The van der Waals surface area contributed by atoms with Crippen LogP contribution >= 0.6 is 0 Å². The Bertz CT molecular complexity index is 326. The lowest BCUT2D eigenvalue weighted by atomic mass is 10.1. The summed E-state index contributed by atoms with van der Waals surface area (Å²) in [6.07, 6.45) is 5.00. The molecule has 0 radical (unpaired) electrons. The molecule has 0 saturated carbocycles. The molecule has 0 amide bonds. The standard InChI is InChI=1S/C9H12O.C3H3N3/c10-8-4-7-9-5-2-1-3-6-9;1-2-4-6-5-3-1/h1-3,5-6,10H,4,7-8H2;1-3H. The normalized spacial score (nSPS) is 9.06. The van der Waals surface area contributed by atoms with Gasteiger partial charge in [-0.25, -0.2) is 0 Å². The summed E-state index contributed by atoms with van der Waals surface area (Å²) in [6.45, 7) is 0.287. The van der Waals surface area contributed by atoms with Crippen molar-refractivity contribution in [2.24, 2.45) is 0 Å². The molecule has 0 unspecified atom stereocenters. The van der Waals surface area contributed by atoms with Crippen LogP contribution in [0.5, 0.6) is 0 Å². The van der Waals surface area contributed by atoms with E-state index >= 15 is 0 Å². The van der Waals surface area contributed by atoms with Gasteiger partial charge in [0, 0.05) is 6.61 Å². The van der Waals surface area contributed by atoms with E-state index in [1.54, 1.807) is 18.5 Å². The maximum atomic E-state index is 8.53. The SMILES string of the molecule is OCCCc1ccccc1.c1cnnnc1. The van der Waals surface area contributed by atoms with Gasteiger partial charge >= 0.3 is 0 Å². The van der Waals surface area contributed by atoms with E-state index in [-0.39, 0.29) is 6.61 Å². The Morgan fingerprint density at radius 2 is 1.62 bits per heavy atom. The molecule has 0 fully saturated rings. The largest absolute Gasteiger partial charge is 0.396 e. The monoisotopic (exact) mass is 217 g/mol. The maximum absolute atomic E-state index is 8.53. The molecular weight excluding hydrogens is 202 g/mol. The fourth-order valence-corrected chi connectivity index (χ4v) is 1.13. The van der Waals surface area contributed by atoms with Crippen LogP contribution in [0.2, 0.25) is 0 Å². The number of hydrogen-bond acceptors (Lipinski definition) is 4. The number of aryl methyl sites for hydroxylation is 1. The van der Waals surface area contributed by atoms with Gasteiger partial charge in [0.1, 0.15) is 0 Å². The number of aliphatic hydroxyl groups is 1. The summed E-state index contributed by atoms with van der Waals surface area (Å²) in [4.78, 5) is 0. The molecule has 0 saturated heterocycles. The van der Waals surface area contributed by atoms with Crippen molar-refractivity contribution in [2.75, 3.05) is 6.61 Å². The second-order valence-corrected chi connectivity index (χ2v) is 3.12. The molecule has 0 aliphatic heterocycles. The van der Waals surface area contributed by atoms with Crippen molar-refractivity contribution in [3.8, 4) is 0 Å². The van der Waals surface area contributed by atoms with Crippen LogP contribution in [-0.4, -0.2) is 27.1 Å². The lowest BCUT2D eigenvalue weighted by Gasteiger charge is -1.96. The molecule has 1 aromatic carbocycles. The molecule has 0 bridgehead atoms. The first kappa shape index (κ1) is 12.3. The first-order chi connectivity index (χ1) is 7.93. The van der Waals surface area contributed by atoms with E-state index in [4.69, 9.17) is 5.11 Å². The van der Waals surface area contributed by atoms with Crippen LogP contribution < -0.4 is 0 Å². The zero-order valence-corrected chi connectivity index (χ0v) is 9.03. The molecule has 4 heteroatoms. The van der Waals surface area contributed by atoms with Crippen LogP contribution in [0.25, 0.3) is 0 Å².